The topological polar surface area (TPSA) is 88.2 Å². The number of ether oxygens (including phenoxy) is 1. The molecule has 7 nitrogen and oxygen atoms in total. The van der Waals surface area contributed by atoms with Gasteiger partial charge in [0, 0.05) is 29.4 Å². The first-order valence-electron chi connectivity index (χ1n) is 13.5. The van der Waals surface area contributed by atoms with Gasteiger partial charge in [0.15, 0.2) is 0 Å². The molecule has 0 radical (unpaired) electrons. The fourth-order valence-electron chi connectivity index (χ4n) is 4.63. The molecule has 1 aliphatic heterocycles. The van der Waals surface area contributed by atoms with Gasteiger partial charge in [0.05, 0.1) is 12.3 Å². The minimum absolute atomic E-state index is 0.00274. The van der Waals surface area contributed by atoms with Crippen molar-refractivity contribution in [2.24, 2.45) is 0 Å². The van der Waals surface area contributed by atoms with E-state index >= 15 is 0 Å². The summed E-state index contributed by atoms with van der Waals surface area (Å²) in [5.41, 5.74) is 4.89. The van der Waals surface area contributed by atoms with Crippen molar-refractivity contribution in [2.45, 2.75) is 53.4 Å². The number of unbranched alkanes of at least 4 members (excludes halogenated alkanes) is 2. The fourth-order valence-corrected chi connectivity index (χ4v) is 4.63. The van der Waals surface area contributed by atoms with E-state index in [9.17, 15) is 14.9 Å². The summed E-state index contributed by atoms with van der Waals surface area (Å²) in [6, 6.07) is 17.7. The summed E-state index contributed by atoms with van der Waals surface area (Å²) in [5, 5.41) is 14.7. The number of aromatic nitrogens is 2. The molecular formula is C32H34N4O3. The predicted molar refractivity (Wildman–Crippen MR) is 152 cm³/mol. The largest absolute Gasteiger partial charge is 0.494 e. The van der Waals surface area contributed by atoms with E-state index in [1.165, 1.54) is 4.90 Å². The molecular weight excluding hydrogens is 488 g/mol. The number of amides is 2. The summed E-state index contributed by atoms with van der Waals surface area (Å²) in [5.74, 6) is -0.111. The summed E-state index contributed by atoms with van der Waals surface area (Å²) in [6.45, 7) is 8.72. The van der Waals surface area contributed by atoms with Gasteiger partial charge >= 0.3 is 0 Å². The number of rotatable bonds is 10. The van der Waals surface area contributed by atoms with Crippen LogP contribution in [0.3, 0.4) is 0 Å². The quantitative estimate of drug-likeness (QED) is 0.174. The number of carbonyl (C=O) groups excluding carboxylic acids is 2. The first kappa shape index (κ1) is 27.6. The lowest BCUT2D eigenvalue weighted by atomic mass is 9.92. The van der Waals surface area contributed by atoms with Crippen LogP contribution in [-0.4, -0.2) is 39.6 Å². The second-order valence-corrected chi connectivity index (χ2v) is 9.68. The second-order valence-electron chi connectivity index (χ2n) is 9.68. The summed E-state index contributed by atoms with van der Waals surface area (Å²) in [7, 11) is 0. The zero-order valence-electron chi connectivity index (χ0n) is 23.0. The molecule has 0 fully saturated rings. The molecule has 1 aromatic heterocycles. The van der Waals surface area contributed by atoms with Gasteiger partial charge in [-0.1, -0.05) is 44.9 Å². The van der Waals surface area contributed by atoms with Gasteiger partial charge in [0.1, 0.15) is 23.1 Å². The molecule has 4 rings (SSSR count). The molecule has 0 bridgehead atoms. The molecule has 0 saturated carbocycles. The van der Waals surface area contributed by atoms with Crippen molar-refractivity contribution in [3.8, 4) is 28.8 Å². The van der Waals surface area contributed by atoms with Crippen LogP contribution in [0.1, 0.15) is 57.6 Å². The number of imide groups is 1. The maximum Gasteiger partial charge on any atom is 0.271 e. The highest BCUT2D eigenvalue weighted by molar-refractivity contribution is 6.19. The normalized spacial score (nSPS) is 14.7. The van der Waals surface area contributed by atoms with Gasteiger partial charge in [-0.25, -0.2) is 4.68 Å². The average Bonchev–Trinajstić information content (AvgIpc) is 3.36. The van der Waals surface area contributed by atoms with E-state index in [0.717, 1.165) is 41.8 Å². The Morgan fingerprint density at radius 1 is 1.00 bits per heavy atom. The molecule has 0 unspecified atom stereocenters. The third kappa shape index (κ3) is 5.85. The number of hydrogen-bond donors (Lipinski definition) is 0. The fraction of sp³-hybridized carbons (Fsp3) is 0.312. The van der Waals surface area contributed by atoms with Crippen LogP contribution < -0.4 is 4.74 Å². The number of para-hydroxylation sites is 1. The van der Waals surface area contributed by atoms with Crippen LogP contribution in [0.5, 0.6) is 5.75 Å². The Bertz CT molecular complexity index is 1470. The van der Waals surface area contributed by atoms with E-state index in [4.69, 9.17) is 9.84 Å². The Morgan fingerprint density at radius 2 is 1.77 bits per heavy atom. The van der Waals surface area contributed by atoms with Crippen LogP contribution in [0.15, 0.2) is 71.4 Å². The summed E-state index contributed by atoms with van der Waals surface area (Å²) < 4.78 is 7.59. The van der Waals surface area contributed by atoms with Crippen molar-refractivity contribution in [1.82, 2.24) is 14.7 Å². The van der Waals surface area contributed by atoms with Gasteiger partial charge < -0.3 is 4.74 Å². The maximum atomic E-state index is 13.6. The Morgan fingerprint density at radius 3 is 2.44 bits per heavy atom. The first-order chi connectivity index (χ1) is 18.9. The second kappa shape index (κ2) is 12.4. The van der Waals surface area contributed by atoms with E-state index in [-0.39, 0.29) is 18.0 Å². The smallest absolute Gasteiger partial charge is 0.271 e. The highest BCUT2D eigenvalue weighted by Gasteiger charge is 2.35. The van der Waals surface area contributed by atoms with Gasteiger partial charge in [-0.05, 0) is 74.2 Å². The predicted octanol–water partition coefficient (Wildman–Crippen LogP) is 6.42. The molecule has 3 aromatic rings. The number of hydrogen-bond acceptors (Lipinski definition) is 5. The summed E-state index contributed by atoms with van der Waals surface area (Å²) >= 11 is 0. The van der Waals surface area contributed by atoms with Crippen molar-refractivity contribution in [3.63, 3.8) is 0 Å². The summed E-state index contributed by atoms with van der Waals surface area (Å²) in [6.07, 6.45) is 7.11. The molecule has 2 aromatic carbocycles. The number of benzene rings is 2. The average molecular weight is 523 g/mol. The zero-order valence-corrected chi connectivity index (χ0v) is 23.0. The molecule has 7 heteroatoms. The van der Waals surface area contributed by atoms with E-state index in [0.29, 0.717) is 35.4 Å². The molecule has 1 aliphatic rings. The van der Waals surface area contributed by atoms with E-state index in [1.807, 2.05) is 67.7 Å². The van der Waals surface area contributed by atoms with Crippen LogP contribution >= 0.6 is 0 Å². The van der Waals surface area contributed by atoms with Crippen LogP contribution in [0.4, 0.5) is 0 Å². The van der Waals surface area contributed by atoms with Gasteiger partial charge in [0.2, 0.25) is 0 Å². The van der Waals surface area contributed by atoms with Crippen molar-refractivity contribution < 1.29 is 14.3 Å². The number of nitriles is 1. The lowest BCUT2D eigenvalue weighted by Gasteiger charge is -2.27. The maximum absolute atomic E-state index is 13.6. The van der Waals surface area contributed by atoms with Crippen LogP contribution in [0.2, 0.25) is 0 Å². The number of nitrogens with zero attached hydrogens (tertiary/aromatic N) is 4. The molecule has 0 N–H and O–H groups in total. The monoisotopic (exact) mass is 522 g/mol. The van der Waals surface area contributed by atoms with Crippen LogP contribution in [0, 0.1) is 18.3 Å². The SMILES string of the molecule is CCCCCN1C(=O)C(C#N)=C(C)/C(=C\c2cn(-c3ccccc3)nc2-c2ccc(OCCC)cc2C)C1=O. The van der Waals surface area contributed by atoms with Gasteiger partial charge in [-0.3, -0.25) is 14.5 Å². The third-order valence-corrected chi connectivity index (χ3v) is 6.80. The van der Waals surface area contributed by atoms with Crippen LogP contribution in [0.25, 0.3) is 23.0 Å². The summed E-state index contributed by atoms with van der Waals surface area (Å²) in [4.78, 5) is 27.8. The molecule has 2 amide bonds. The Labute approximate surface area is 230 Å². The molecule has 0 saturated heterocycles. The van der Waals surface area contributed by atoms with E-state index in [1.54, 1.807) is 17.7 Å². The zero-order chi connectivity index (χ0) is 27.9. The Hall–Kier alpha value is -4.44. The molecule has 200 valence electrons. The molecule has 0 aliphatic carbocycles. The van der Waals surface area contributed by atoms with E-state index < -0.39 is 5.91 Å². The molecule has 0 spiro atoms. The molecule has 0 atom stereocenters. The van der Waals surface area contributed by atoms with Crippen molar-refractivity contribution >= 4 is 17.9 Å². The minimum Gasteiger partial charge on any atom is -0.494 e. The lowest BCUT2D eigenvalue weighted by molar-refractivity contribution is -0.140. The van der Waals surface area contributed by atoms with Gasteiger partial charge in [0.25, 0.3) is 11.8 Å². The molecule has 2 heterocycles. The lowest BCUT2D eigenvalue weighted by Crippen LogP contribution is -2.43. The van der Waals surface area contributed by atoms with Crippen molar-refractivity contribution in [3.05, 3.63) is 82.6 Å². The Kier molecular flexibility index (Phi) is 8.77. The van der Waals surface area contributed by atoms with Crippen LogP contribution in [-0.2, 0) is 9.59 Å². The standard InChI is InChI=1S/C32H34N4O3/c1-5-7-11-16-35-31(37)28(23(4)29(20-33)32(35)38)19-24-21-36(25-12-9-8-10-13-25)34-30(24)27-15-14-26(18-22(27)3)39-17-6-2/h8-10,12-15,18-19,21H,5-7,11,16-17H2,1-4H3/b28-19+. The first-order valence-corrected chi connectivity index (χ1v) is 13.5. The minimum atomic E-state index is -0.521. The van der Waals surface area contributed by atoms with Gasteiger partial charge in [-0.2, -0.15) is 10.4 Å². The molecule has 39 heavy (non-hydrogen) atoms. The number of aryl methyl sites for hydroxylation is 1. The van der Waals surface area contributed by atoms with Crippen molar-refractivity contribution in [2.75, 3.05) is 13.2 Å². The van der Waals surface area contributed by atoms with E-state index in [2.05, 4.69) is 13.8 Å². The third-order valence-electron chi connectivity index (χ3n) is 6.80. The highest BCUT2D eigenvalue weighted by atomic mass is 16.5. The highest BCUT2D eigenvalue weighted by Crippen LogP contribution is 2.33. The number of carbonyl (C=O) groups is 2. The Balaban J connectivity index is 1.86. The van der Waals surface area contributed by atoms with Crippen molar-refractivity contribution in [1.29, 1.82) is 5.26 Å². The van der Waals surface area contributed by atoms with Gasteiger partial charge in [-0.15, -0.1) is 0 Å².